The van der Waals surface area contributed by atoms with Crippen LogP contribution in [0.3, 0.4) is 0 Å². The number of aliphatic hydroxyl groups is 1. The quantitative estimate of drug-likeness (QED) is 0.501. The summed E-state index contributed by atoms with van der Waals surface area (Å²) in [6.45, 7) is 5.44. The van der Waals surface area contributed by atoms with E-state index in [1.54, 1.807) is 0 Å². The van der Waals surface area contributed by atoms with E-state index in [1.807, 2.05) is 13.8 Å². The fourth-order valence-corrected chi connectivity index (χ4v) is 1.03. The van der Waals surface area contributed by atoms with Gasteiger partial charge in [0.2, 0.25) is 0 Å². The number of ketones is 1. The lowest BCUT2D eigenvalue weighted by Gasteiger charge is -2.09. The maximum Gasteiger partial charge on any atom is 0.155 e. The van der Waals surface area contributed by atoms with E-state index in [4.69, 9.17) is 0 Å². The molecule has 2 nitrogen and oxygen atoms in total. The molecule has 0 aliphatic carbocycles. The number of hydrogen-bond donors (Lipinski definition) is 1. The van der Waals surface area contributed by atoms with Gasteiger partial charge >= 0.3 is 0 Å². The maximum absolute atomic E-state index is 10.6. The van der Waals surface area contributed by atoms with Crippen LogP contribution in [0.1, 0.15) is 33.6 Å². The minimum Gasteiger partial charge on any atom is -0.512 e. The number of aliphatic hydroxyl groups excluding tert-OH is 1. The highest BCUT2D eigenvalue weighted by molar-refractivity contribution is 5.87. The normalized spacial score (nSPS) is 12.2. The van der Waals surface area contributed by atoms with Crippen LogP contribution in [0.5, 0.6) is 0 Å². The van der Waals surface area contributed by atoms with Gasteiger partial charge in [0.05, 0.1) is 5.76 Å². The van der Waals surface area contributed by atoms with E-state index in [9.17, 15) is 9.90 Å². The molecule has 0 aromatic heterocycles. The van der Waals surface area contributed by atoms with Gasteiger partial charge in [0.25, 0.3) is 0 Å². The highest BCUT2D eigenvalue weighted by Crippen LogP contribution is 2.15. The van der Waals surface area contributed by atoms with Crippen LogP contribution < -0.4 is 0 Å². The lowest BCUT2D eigenvalue weighted by Crippen LogP contribution is -2.02. The zero-order valence-electron chi connectivity index (χ0n) is 7.42. The summed E-state index contributed by atoms with van der Waals surface area (Å²) in [6.07, 6.45) is 3.07. The molecule has 0 rings (SSSR count). The van der Waals surface area contributed by atoms with Crippen LogP contribution in [0.15, 0.2) is 11.8 Å². The molecule has 0 aliphatic heterocycles. The van der Waals surface area contributed by atoms with E-state index in [-0.39, 0.29) is 17.5 Å². The van der Waals surface area contributed by atoms with Crippen molar-refractivity contribution in [1.29, 1.82) is 0 Å². The maximum atomic E-state index is 10.6. The first-order valence-corrected chi connectivity index (χ1v) is 4.02. The molecule has 2 heteroatoms. The molecule has 0 amide bonds. The topological polar surface area (TPSA) is 37.3 Å². The second-order valence-electron chi connectivity index (χ2n) is 2.69. The fourth-order valence-electron chi connectivity index (χ4n) is 1.03. The Morgan fingerprint density at radius 1 is 1.45 bits per heavy atom. The Balaban J connectivity index is 4.18. The Morgan fingerprint density at radius 3 is 2.18 bits per heavy atom. The Hall–Kier alpha value is -0.790. The molecular formula is C9H16O2. The summed E-state index contributed by atoms with van der Waals surface area (Å²) < 4.78 is 0. The Labute approximate surface area is 67.9 Å². The molecule has 0 unspecified atom stereocenters. The number of rotatable bonds is 4. The number of carbonyl (C=O) groups is 1. The number of hydrogen-bond acceptors (Lipinski definition) is 2. The van der Waals surface area contributed by atoms with Crippen molar-refractivity contribution in [3.63, 3.8) is 0 Å². The van der Waals surface area contributed by atoms with Crippen molar-refractivity contribution in [2.24, 2.45) is 5.92 Å². The van der Waals surface area contributed by atoms with E-state index < -0.39 is 0 Å². The average molecular weight is 156 g/mol. The average Bonchev–Trinajstić information content (AvgIpc) is 1.88. The standard InChI is InChI=1S/C9H16O2/c1-4-8(5-2)9(11)6-7(3)10/h6,8,11H,4-5H2,1-3H3. The minimum absolute atomic E-state index is 0.0885. The van der Waals surface area contributed by atoms with E-state index in [0.717, 1.165) is 12.8 Å². The molecule has 0 aromatic rings. The van der Waals surface area contributed by atoms with Gasteiger partial charge in [-0.1, -0.05) is 13.8 Å². The molecule has 1 N–H and O–H groups in total. The smallest absolute Gasteiger partial charge is 0.155 e. The molecular weight excluding hydrogens is 140 g/mol. The second-order valence-corrected chi connectivity index (χ2v) is 2.69. The van der Waals surface area contributed by atoms with Gasteiger partial charge in [-0.3, -0.25) is 4.79 Å². The molecule has 0 bridgehead atoms. The first kappa shape index (κ1) is 10.2. The van der Waals surface area contributed by atoms with Crippen LogP contribution in [0.4, 0.5) is 0 Å². The third kappa shape index (κ3) is 3.81. The van der Waals surface area contributed by atoms with Crippen LogP contribution in [0.25, 0.3) is 0 Å². The van der Waals surface area contributed by atoms with Gasteiger partial charge in [0.1, 0.15) is 0 Å². The van der Waals surface area contributed by atoms with Crippen molar-refractivity contribution in [2.45, 2.75) is 33.6 Å². The predicted molar refractivity (Wildman–Crippen MR) is 45.5 cm³/mol. The van der Waals surface area contributed by atoms with Crippen LogP contribution in [0.2, 0.25) is 0 Å². The van der Waals surface area contributed by atoms with Crippen molar-refractivity contribution in [1.82, 2.24) is 0 Å². The predicted octanol–water partition coefficient (Wildman–Crippen LogP) is 2.45. The third-order valence-corrected chi connectivity index (χ3v) is 1.76. The summed E-state index contributed by atoms with van der Waals surface area (Å²) in [6, 6.07) is 0. The van der Waals surface area contributed by atoms with Crippen LogP contribution in [0, 0.1) is 5.92 Å². The van der Waals surface area contributed by atoms with E-state index in [0.29, 0.717) is 0 Å². The van der Waals surface area contributed by atoms with Crippen molar-refractivity contribution < 1.29 is 9.90 Å². The Kier molecular flexibility index (Phi) is 4.59. The van der Waals surface area contributed by atoms with Gasteiger partial charge in [-0.15, -0.1) is 0 Å². The molecule has 0 fully saturated rings. The van der Waals surface area contributed by atoms with E-state index in [1.165, 1.54) is 13.0 Å². The minimum atomic E-state index is -0.0885. The lowest BCUT2D eigenvalue weighted by atomic mass is 10.0. The highest BCUT2D eigenvalue weighted by Gasteiger charge is 2.08. The van der Waals surface area contributed by atoms with Crippen molar-refractivity contribution in [3.8, 4) is 0 Å². The summed E-state index contributed by atoms with van der Waals surface area (Å²) in [5.41, 5.74) is 0. The molecule has 0 spiro atoms. The monoisotopic (exact) mass is 156 g/mol. The number of carbonyl (C=O) groups excluding carboxylic acids is 1. The molecule has 11 heavy (non-hydrogen) atoms. The van der Waals surface area contributed by atoms with Gasteiger partial charge < -0.3 is 5.11 Å². The van der Waals surface area contributed by atoms with E-state index >= 15 is 0 Å². The summed E-state index contributed by atoms with van der Waals surface area (Å²) in [5.74, 6) is 0.288. The Morgan fingerprint density at radius 2 is 1.91 bits per heavy atom. The molecule has 0 aliphatic rings. The molecule has 0 atom stereocenters. The SMILES string of the molecule is CCC(CC)C(O)=CC(C)=O. The van der Waals surface area contributed by atoms with Gasteiger partial charge in [0, 0.05) is 12.0 Å². The van der Waals surface area contributed by atoms with Gasteiger partial charge in [-0.2, -0.15) is 0 Å². The molecule has 0 radical (unpaired) electrons. The fraction of sp³-hybridized carbons (Fsp3) is 0.667. The highest BCUT2D eigenvalue weighted by atomic mass is 16.3. The van der Waals surface area contributed by atoms with E-state index in [2.05, 4.69) is 0 Å². The zero-order chi connectivity index (χ0) is 8.85. The van der Waals surface area contributed by atoms with Crippen molar-refractivity contribution in [3.05, 3.63) is 11.8 Å². The lowest BCUT2D eigenvalue weighted by molar-refractivity contribution is -0.112. The summed E-state index contributed by atoms with van der Waals surface area (Å²) >= 11 is 0. The molecule has 0 saturated carbocycles. The first-order chi connectivity index (χ1) is 5.11. The largest absolute Gasteiger partial charge is 0.512 e. The molecule has 0 saturated heterocycles. The summed E-state index contributed by atoms with van der Waals surface area (Å²) in [5, 5.41) is 9.32. The van der Waals surface area contributed by atoms with Crippen LogP contribution in [-0.4, -0.2) is 10.9 Å². The third-order valence-electron chi connectivity index (χ3n) is 1.76. The van der Waals surface area contributed by atoms with Crippen LogP contribution in [-0.2, 0) is 4.79 Å². The zero-order valence-corrected chi connectivity index (χ0v) is 7.42. The molecule has 0 aromatic carbocycles. The molecule has 0 heterocycles. The first-order valence-electron chi connectivity index (χ1n) is 4.02. The second kappa shape index (κ2) is 4.94. The Bertz CT molecular complexity index is 155. The summed E-state index contributed by atoms with van der Waals surface area (Å²) in [4.78, 5) is 10.6. The van der Waals surface area contributed by atoms with Gasteiger partial charge in [0.15, 0.2) is 5.78 Å². The van der Waals surface area contributed by atoms with Crippen LogP contribution >= 0.6 is 0 Å². The molecule has 64 valence electrons. The van der Waals surface area contributed by atoms with Crippen molar-refractivity contribution >= 4 is 5.78 Å². The summed E-state index contributed by atoms with van der Waals surface area (Å²) in [7, 11) is 0. The number of allylic oxidation sites excluding steroid dienone is 2. The van der Waals surface area contributed by atoms with Gasteiger partial charge in [-0.25, -0.2) is 0 Å². The van der Waals surface area contributed by atoms with Gasteiger partial charge in [-0.05, 0) is 19.8 Å². The van der Waals surface area contributed by atoms with Crippen molar-refractivity contribution in [2.75, 3.05) is 0 Å².